The summed E-state index contributed by atoms with van der Waals surface area (Å²) in [5.41, 5.74) is 3.16. The van der Waals surface area contributed by atoms with Gasteiger partial charge in [0, 0.05) is 29.7 Å². The Hall–Kier alpha value is -1.32. The fraction of sp³-hybridized carbons (Fsp3) is 0.652. The van der Waals surface area contributed by atoms with Crippen molar-refractivity contribution in [2.24, 2.45) is 11.8 Å². The topological polar surface area (TPSA) is 39.3 Å². The molecule has 0 amide bonds. The molecule has 3 nitrogen and oxygen atoms in total. The Labute approximate surface area is 156 Å². The molecule has 26 heavy (non-hydrogen) atoms. The van der Waals surface area contributed by atoms with Crippen molar-refractivity contribution >= 4 is 10.9 Å². The van der Waals surface area contributed by atoms with Crippen LogP contribution in [-0.2, 0) is 12.0 Å². The van der Waals surface area contributed by atoms with Crippen LogP contribution in [0.1, 0.15) is 63.0 Å². The van der Waals surface area contributed by atoms with Gasteiger partial charge in [-0.15, -0.1) is 0 Å². The number of aromatic nitrogens is 1. The first-order valence-electron chi connectivity index (χ1n) is 10.7. The molecule has 3 heteroatoms. The largest absolute Gasteiger partial charge is 0.385 e. The predicted octanol–water partition coefficient (Wildman–Crippen LogP) is 4.59. The summed E-state index contributed by atoms with van der Waals surface area (Å²) in [4.78, 5) is 6.05. The van der Waals surface area contributed by atoms with E-state index in [0.29, 0.717) is 6.04 Å². The number of aromatic amines is 1. The molecular weight excluding hydrogens is 320 g/mol. The number of benzene rings is 1. The lowest BCUT2D eigenvalue weighted by Gasteiger charge is -2.41. The highest BCUT2D eigenvalue weighted by Crippen LogP contribution is 2.41. The molecule has 5 rings (SSSR count). The zero-order valence-corrected chi connectivity index (χ0v) is 16.0. The van der Waals surface area contributed by atoms with Gasteiger partial charge in [0.2, 0.25) is 0 Å². The van der Waals surface area contributed by atoms with Crippen molar-refractivity contribution in [3.8, 4) is 0 Å². The Bertz CT molecular complexity index is 797. The van der Waals surface area contributed by atoms with Crippen molar-refractivity contribution in [1.29, 1.82) is 0 Å². The van der Waals surface area contributed by atoms with Crippen LogP contribution in [-0.4, -0.2) is 34.1 Å². The lowest BCUT2D eigenvalue weighted by molar-refractivity contribution is -0.0408. The summed E-state index contributed by atoms with van der Waals surface area (Å²) in [6.45, 7) is 4.68. The van der Waals surface area contributed by atoms with Gasteiger partial charge in [-0.25, -0.2) is 0 Å². The van der Waals surface area contributed by atoms with E-state index in [4.69, 9.17) is 0 Å². The van der Waals surface area contributed by atoms with Gasteiger partial charge < -0.3 is 15.0 Å². The van der Waals surface area contributed by atoms with Gasteiger partial charge in [0.05, 0.1) is 5.60 Å². The second-order valence-electron chi connectivity index (χ2n) is 9.26. The summed E-state index contributed by atoms with van der Waals surface area (Å²) in [5.74, 6) is 1.67. The second-order valence-corrected chi connectivity index (χ2v) is 9.26. The van der Waals surface area contributed by atoms with Crippen molar-refractivity contribution in [2.75, 3.05) is 13.1 Å². The van der Waals surface area contributed by atoms with E-state index in [0.717, 1.165) is 36.8 Å². The van der Waals surface area contributed by atoms with Gasteiger partial charge in [0.15, 0.2) is 0 Å². The van der Waals surface area contributed by atoms with E-state index >= 15 is 0 Å². The lowest BCUT2D eigenvalue weighted by Crippen LogP contribution is -2.45. The molecule has 1 aromatic carbocycles. The molecule has 2 aliphatic heterocycles. The first-order valence-corrected chi connectivity index (χ1v) is 10.7. The highest BCUT2D eigenvalue weighted by atomic mass is 16.3. The van der Waals surface area contributed by atoms with Crippen LogP contribution in [0.5, 0.6) is 0 Å². The van der Waals surface area contributed by atoms with Gasteiger partial charge in [-0.1, -0.05) is 25.8 Å². The van der Waals surface area contributed by atoms with Crippen LogP contribution in [0.3, 0.4) is 0 Å². The van der Waals surface area contributed by atoms with Gasteiger partial charge in [0.1, 0.15) is 0 Å². The fourth-order valence-corrected chi connectivity index (χ4v) is 5.95. The first kappa shape index (κ1) is 16.8. The third-order valence-electron chi connectivity index (χ3n) is 7.71. The fourth-order valence-electron chi connectivity index (χ4n) is 5.95. The minimum absolute atomic E-state index is 0.578. The molecule has 3 unspecified atom stereocenters. The Balaban J connectivity index is 1.44. The normalized spacial score (nSPS) is 35.2. The quantitative estimate of drug-likeness (QED) is 0.848. The molecule has 3 heterocycles. The smallest absolute Gasteiger partial charge is 0.0923 e. The molecule has 140 valence electrons. The molecule has 1 aromatic heterocycles. The molecule has 4 atom stereocenters. The second kappa shape index (κ2) is 6.38. The average Bonchev–Trinajstić information content (AvgIpc) is 3.36. The van der Waals surface area contributed by atoms with Crippen molar-refractivity contribution in [3.05, 3.63) is 35.5 Å². The zero-order valence-electron chi connectivity index (χ0n) is 16.0. The number of hydrogen-bond donors (Lipinski definition) is 2. The highest BCUT2D eigenvalue weighted by molar-refractivity contribution is 5.84. The van der Waals surface area contributed by atoms with E-state index in [-0.39, 0.29) is 0 Å². The molecule has 2 aromatic rings. The number of H-pyrrole nitrogens is 1. The minimum Gasteiger partial charge on any atom is -0.385 e. The molecule has 1 aliphatic carbocycles. The Morgan fingerprint density at radius 1 is 1.19 bits per heavy atom. The molecule has 3 aliphatic rings. The van der Waals surface area contributed by atoms with E-state index < -0.39 is 5.60 Å². The number of aliphatic hydroxyl groups is 1. The maximum Gasteiger partial charge on any atom is 0.0923 e. The van der Waals surface area contributed by atoms with Crippen molar-refractivity contribution < 1.29 is 5.11 Å². The number of rotatable bonds is 3. The number of nitrogens with zero attached hydrogens (tertiary/aromatic N) is 1. The number of piperidine rings is 1. The molecule has 0 bridgehead atoms. The third-order valence-corrected chi connectivity index (χ3v) is 7.71. The van der Waals surface area contributed by atoms with Gasteiger partial charge in [-0.2, -0.15) is 0 Å². The van der Waals surface area contributed by atoms with E-state index in [9.17, 15) is 5.11 Å². The van der Waals surface area contributed by atoms with Crippen LogP contribution < -0.4 is 0 Å². The summed E-state index contributed by atoms with van der Waals surface area (Å²) in [6, 6.07) is 7.22. The zero-order chi connectivity index (χ0) is 17.7. The van der Waals surface area contributed by atoms with Crippen LogP contribution in [0.2, 0.25) is 0 Å². The van der Waals surface area contributed by atoms with Gasteiger partial charge in [-0.05, 0) is 80.2 Å². The van der Waals surface area contributed by atoms with Crippen LogP contribution in [0.25, 0.3) is 10.9 Å². The molecule has 2 saturated heterocycles. The van der Waals surface area contributed by atoms with Crippen molar-refractivity contribution in [2.45, 2.75) is 69.9 Å². The number of nitrogens with one attached hydrogen (secondary N) is 1. The van der Waals surface area contributed by atoms with E-state index in [1.54, 1.807) is 0 Å². The summed E-state index contributed by atoms with van der Waals surface area (Å²) >= 11 is 0. The van der Waals surface area contributed by atoms with Crippen molar-refractivity contribution in [1.82, 2.24) is 9.88 Å². The number of fused-ring (bicyclic) bond motifs is 2. The van der Waals surface area contributed by atoms with Crippen molar-refractivity contribution in [3.63, 3.8) is 0 Å². The summed E-state index contributed by atoms with van der Waals surface area (Å²) in [5, 5.41) is 12.8. The van der Waals surface area contributed by atoms with E-state index in [1.165, 1.54) is 61.5 Å². The molecular formula is C23H32N2O. The summed E-state index contributed by atoms with van der Waals surface area (Å²) < 4.78 is 0. The Morgan fingerprint density at radius 2 is 2.12 bits per heavy atom. The molecule has 0 radical (unpaired) electrons. The third kappa shape index (κ3) is 2.80. The minimum atomic E-state index is -0.644. The van der Waals surface area contributed by atoms with E-state index in [2.05, 4.69) is 41.2 Å². The molecule has 2 N–H and O–H groups in total. The first-order chi connectivity index (χ1) is 12.6. The maximum atomic E-state index is 11.5. The highest BCUT2D eigenvalue weighted by Gasteiger charge is 2.41. The standard InChI is InChI=1S/C23H32N2O/c1-16-4-2-5-17(16)12-18-15-24-22-8-7-19(13-21(18)22)23(26)9-11-25-10-3-6-20(25)14-23/h7-8,13,15-17,20,24,26H,2-6,9-12,14H2,1H3/t16?,17-,20?,23?/m1/s1. The molecule has 0 spiro atoms. The Morgan fingerprint density at radius 3 is 2.96 bits per heavy atom. The number of hydrogen-bond acceptors (Lipinski definition) is 2. The van der Waals surface area contributed by atoms with Crippen LogP contribution >= 0.6 is 0 Å². The van der Waals surface area contributed by atoms with Gasteiger partial charge in [0.25, 0.3) is 0 Å². The average molecular weight is 353 g/mol. The SMILES string of the molecule is CC1CCC[C@@H]1Cc1c[nH]c2ccc(C3(O)CCN4CCCC4C3)cc12. The van der Waals surface area contributed by atoms with Gasteiger partial charge >= 0.3 is 0 Å². The van der Waals surface area contributed by atoms with E-state index in [1.807, 2.05) is 0 Å². The Kier molecular flexibility index (Phi) is 4.13. The predicted molar refractivity (Wildman–Crippen MR) is 106 cm³/mol. The van der Waals surface area contributed by atoms with Gasteiger partial charge in [-0.3, -0.25) is 0 Å². The van der Waals surface area contributed by atoms with Crippen LogP contribution in [0, 0.1) is 11.8 Å². The summed E-state index contributed by atoms with van der Waals surface area (Å²) in [6.07, 6.45) is 11.8. The van der Waals surface area contributed by atoms with Crippen LogP contribution in [0.15, 0.2) is 24.4 Å². The molecule has 3 fully saturated rings. The van der Waals surface area contributed by atoms with Crippen LogP contribution in [0.4, 0.5) is 0 Å². The lowest BCUT2D eigenvalue weighted by atomic mass is 9.80. The molecule has 1 saturated carbocycles. The maximum absolute atomic E-state index is 11.5. The summed E-state index contributed by atoms with van der Waals surface area (Å²) in [7, 11) is 0. The monoisotopic (exact) mass is 352 g/mol.